The zero-order valence-corrected chi connectivity index (χ0v) is 19.4. The summed E-state index contributed by atoms with van der Waals surface area (Å²) in [7, 11) is 0. The Labute approximate surface area is 188 Å². The van der Waals surface area contributed by atoms with E-state index in [2.05, 4.69) is 5.32 Å². The first-order valence-corrected chi connectivity index (χ1v) is 11.7. The fourth-order valence-corrected chi connectivity index (χ4v) is 4.95. The third kappa shape index (κ3) is 5.34. The number of nitrogens with zero attached hydrogens (tertiary/aromatic N) is 2. The first-order chi connectivity index (χ1) is 14.8. The Morgan fingerprint density at radius 2 is 1.94 bits per heavy atom. The first kappa shape index (κ1) is 23.0. The highest BCUT2D eigenvalue weighted by atomic mass is 32.1. The highest BCUT2D eigenvalue weighted by molar-refractivity contribution is 7.10. The van der Waals surface area contributed by atoms with E-state index in [1.165, 1.54) is 0 Å². The van der Waals surface area contributed by atoms with Crippen LogP contribution < -0.4 is 10.2 Å². The van der Waals surface area contributed by atoms with Crippen molar-refractivity contribution in [2.75, 3.05) is 18.0 Å². The Balaban J connectivity index is 1.94. The van der Waals surface area contributed by atoms with Crippen molar-refractivity contribution in [2.45, 2.75) is 52.6 Å². The molecule has 0 bridgehead atoms. The third-order valence-electron chi connectivity index (χ3n) is 5.54. The Morgan fingerprint density at radius 3 is 2.52 bits per heavy atom. The van der Waals surface area contributed by atoms with E-state index in [9.17, 15) is 14.4 Å². The number of anilines is 1. The number of nitrogens with one attached hydrogen (secondary N) is 1. The maximum absolute atomic E-state index is 13.6. The molecule has 7 heteroatoms. The first-order valence-electron chi connectivity index (χ1n) is 10.8. The van der Waals surface area contributed by atoms with Crippen molar-refractivity contribution >= 4 is 34.7 Å². The van der Waals surface area contributed by atoms with Crippen LogP contribution in [0.4, 0.5) is 5.69 Å². The quantitative estimate of drug-likeness (QED) is 0.708. The Kier molecular flexibility index (Phi) is 7.49. The number of hydrogen-bond donors (Lipinski definition) is 1. The summed E-state index contributed by atoms with van der Waals surface area (Å²) in [6.45, 7) is 8.15. The van der Waals surface area contributed by atoms with Crippen molar-refractivity contribution in [1.82, 2.24) is 10.2 Å². The van der Waals surface area contributed by atoms with Gasteiger partial charge in [0.05, 0.1) is 18.5 Å². The monoisotopic (exact) mass is 441 g/mol. The van der Waals surface area contributed by atoms with Crippen molar-refractivity contribution < 1.29 is 14.4 Å². The second-order valence-electron chi connectivity index (χ2n) is 8.28. The lowest BCUT2D eigenvalue weighted by Gasteiger charge is -2.41. The largest absolute Gasteiger partial charge is 0.352 e. The highest BCUT2D eigenvalue weighted by Gasteiger charge is 2.43. The molecule has 1 aromatic heterocycles. The maximum atomic E-state index is 13.6. The average molecular weight is 442 g/mol. The molecule has 2 heterocycles. The summed E-state index contributed by atoms with van der Waals surface area (Å²) in [4.78, 5) is 43.3. The van der Waals surface area contributed by atoms with Crippen molar-refractivity contribution in [1.29, 1.82) is 0 Å². The van der Waals surface area contributed by atoms with Crippen LogP contribution in [0.25, 0.3) is 0 Å². The number of likely N-dealkylation sites (N-methyl/N-ethyl adjacent to an activating group) is 1. The fourth-order valence-electron chi connectivity index (χ4n) is 4.07. The van der Waals surface area contributed by atoms with Crippen LogP contribution in [0.15, 0.2) is 41.8 Å². The van der Waals surface area contributed by atoms with Gasteiger partial charge < -0.3 is 15.1 Å². The SMILES string of the molecule is CCN(CC(=O)NC(C)C)C(=O)C1CCC(=O)N(c2ccc(C)cc2)C1c1cccs1. The van der Waals surface area contributed by atoms with E-state index >= 15 is 0 Å². The van der Waals surface area contributed by atoms with Gasteiger partial charge in [0.15, 0.2) is 0 Å². The van der Waals surface area contributed by atoms with Gasteiger partial charge in [-0.1, -0.05) is 23.8 Å². The molecule has 3 amide bonds. The molecule has 0 spiro atoms. The summed E-state index contributed by atoms with van der Waals surface area (Å²) in [6, 6.07) is 11.4. The molecule has 2 atom stereocenters. The van der Waals surface area contributed by atoms with Gasteiger partial charge in [0.1, 0.15) is 0 Å². The topological polar surface area (TPSA) is 69.7 Å². The molecule has 0 aliphatic carbocycles. The lowest BCUT2D eigenvalue weighted by molar-refractivity contribution is -0.141. The molecule has 2 aromatic rings. The van der Waals surface area contributed by atoms with Gasteiger partial charge in [-0.2, -0.15) is 0 Å². The van der Waals surface area contributed by atoms with Crippen LogP contribution in [-0.2, 0) is 14.4 Å². The highest BCUT2D eigenvalue weighted by Crippen LogP contribution is 2.42. The van der Waals surface area contributed by atoms with Crippen LogP contribution in [0.5, 0.6) is 0 Å². The van der Waals surface area contributed by atoms with Gasteiger partial charge in [-0.05, 0) is 57.7 Å². The summed E-state index contributed by atoms with van der Waals surface area (Å²) in [5.41, 5.74) is 1.91. The molecule has 1 fully saturated rings. The summed E-state index contributed by atoms with van der Waals surface area (Å²) in [6.07, 6.45) is 0.785. The predicted molar refractivity (Wildman–Crippen MR) is 124 cm³/mol. The smallest absolute Gasteiger partial charge is 0.239 e. The average Bonchev–Trinajstić information content (AvgIpc) is 3.26. The molecule has 166 valence electrons. The van der Waals surface area contributed by atoms with Crippen molar-refractivity contribution in [2.24, 2.45) is 5.92 Å². The molecule has 1 saturated heterocycles. The van der Waals surface area contributed by atoms with Crippen LogP contribution in [0.2, 0.25) is 0 Å². The van der Waals surface area contributed by atoms with Crippen molar-refractivity contribution in [3.63, 3.8) is 0 Å². The van der Waals surface area contributed by atoms with E-state index in [1.807, 2.05) is 69.5 Å². The number of thiophene rings is 1. The van der Waals surface area contributed by atoms with Gasteiger partial charge >= 0.3 is 0 Å². The maximum Gasteiger partial charge on any atom is 0.239 e. The van der Waals surface area contributed by atoms with E-state index < -0.39 is 5.92 Å². The zero-order chi connectivity index (χ0) is 22.5. The van der Waals surface area contributed by atoms with Gasteiger partial charge in [0.2, 0.25) is 17.7 Å². The number of aryl methyl sites for hydroxylation is 1. The van der Waals surface area contributed by atoms with E-state index in [4.69, 9.17) is 0 Å². The summed E-state index contributed by atoms with van der Waals surface area (Å²) >= 11 is 1.55. The van der Waals surface area contributed by atoms with Gasteiger partial charge in [0, 0.05) is 29.6 Å². The zero-order valence-electron chi connectivity index (χ0n) is 18.6. The number of amides is 3. The summed E-state index contributed by atoms with van der Waals surface area (Å²) in [5, 5.41) is 4.82. The minimum absolute atomic E-state index is 0.0181. The molecule has 1 aliphatic heterocycles. The Morgan fingerprint density at radius 1 is 1.23 bits per heavy atom. The third-order valence-corrected chi connectivity index (χ3v) is 6.48. The van der Waals surface area contributed by atoms with Gasteiger partial charge in [-0.15, -0.1) is 11.3 Å². The minimum Gasteiger partial charge on any atom is -0.352 e. The van der Waals surface area contributed by atoms with Crippen molar-refractivity contribution in [3.05, 3.63) is 52.2 Å². The number of carbonyl (C=O) groups excluding carboxylic acids is 3. The fraction of sp³-hybridized carbons (Fsp3) is 0.458. The number of carbonyl (C=O) groups is 3. The lowest BCUT2D eigenvalue weighted by atomic mass is 9.85. The molecule has 6 nitrogen and oxygen atoms in total. The van der Waals surface area contributed by atoms with Gasteiger partial charge in [0.25, 0.3) is 0 Å². The van der Waals surface area contributed by atoms with E-state index in [-0.39, 0.29) is 36.3 Å². The summed E-state index contributed by atoms with van der Waals surface area (Å²) in [5.74, 6) is -0.624. The molecule has 1 N–H and O–H groups in total. The van der Waals surface area contributed by atoms with E-state index in [0.29, 0.717) is 19.4 Å². The van der Waals surface area contributed by atoms with Gasteiger partial charge in [-0.25, -0.2) is 0 Å². The normalized spacial score (nSPS) is 18.9. The van der Waals surface area contributed by atoms with E-state index in [0.717, 1.165) is 16.1 Å². The van der Waals surface area contributed by atoms with Crippen LogP contribution in [0.1, 0.15) is 50.1 Å². The molecular formula is C24H31N3O3S. The molecule has 1 aliphatic rings. The van der Waals surface area contributed by atoms with Crippen LogP contribution in [-0.4, -0.2) is 41.8 Å². The van der Waals surface area contributed by atoms with Crippen LogP contribution >= 0.6 is 11.3 Å². The number of piperidine rings is 1. The standard InChI is InChI=1S/C24H31N3O3S/c1-5-26(15-21(28)25-16(2)3)24(30)19-12-13-22(29)27(18-10-8-17(4)9-11-18)23(19)20-7-6-14-31-20/h6-11,14,16,19,23H,5,12-13,15H2,1-4H3,(H,25,28). The molecule has 2 unspecified atom stereocenters. The molecule has 0 radical (unpaired) electrons. The molecule has 31 heavy (non-hydrogen) atoms. The second-order valence-corrected chi connectivity index (χ2v) is 9.26. The molecular weight excluding hydrogens is 410 g/mol. The predicted octanol–water partition coefficient (Wildman–Crippen LogP) is 3.91. The molecule has 3 rings (SSSR count). The molecule has 1 aromatic carbocycles. The van der Waals surface area contributed by atoms with Crippen LogP contribution in [0.3, 0.4) is 0 Å². The Hall–Kier alpha value is -2.67. The lowest BCUT2D eigenvalue weighted by Crippen LogP contribution is -2.51. The molecule has 0 saturated carbocycles. The minimum atomic E-state index is -0.399. The number of rotatable bonds is 7. The number of hydrogen-bond acceptors (Lipinski definition) is 4. The van der Waals surface area contributed by atoms with Crippen molar-refractivity contribution in [3.8, 4) is 0 Å². The summed E-state index contributed by atoms with van der Waals surface area (Å²) < 4.78 is 0. The number of benzene rings is 1. The Bertz CT molecular complexity index is 909. The van der Waals surface area contributed by atoms with E-state index in [1.54, 1.807) is 21.1 Å². The van der Waals surface area contributed by atoms with Gasteiger partial charge in [-0.3, -0.25) is 14.4 Å². The second kappa shape index (κ2) is 10.1. The van der Waals surface area contributed by atoms with Crippen LogP contribution in [0, 0.1) is 12.8 Å².